The number of nitrogens with one attached hydrogen (secondary N) is 1. The highest BCUT2D eigenvalue weighted by Crippen LogP contribution is 2.21. The molecule has 0 aliphatic carbocycles. The van der Waals surface area contributed by atoms with E-state index in [0.717, 1.165) is 31.6 Å². The Hall–Kier alpha value is -1.49. The van der Waals surface area contributed by atoms with Gasteiger partial charge >= 0.3 is 0 Å². The maximum atomic E-state index is 12.3. The number of thioether (sulfide) groups is 1. The molecule has 1 N–H and O–H groups in total. The summed E-state index contributed by atoms with van der Waals surface area (Å²) in [5, 5.41) is 2.96. The second-order valence-electron chi connectivity index (χ2n) is 6.36. The van der Waals surface area contributed by atoms with Crippen LogP contribution in [0, 0.1) is 12.8 Å². The number of hydrogen-bond donors (Lipinski definition) is 1. The molecule has 24 heavy (non-hydrogen) atoms. The van der Waals surface area contributed by atoms with Gasteiger partial charge in [0.2, 0.25) is 11.8 Å². The lowest BCUT2D eigenvalue weighted by molar-refractivity contribution is -0.135. The Morgan fingerprint density at radius 1 is 1.21 bits per heavy atom. The lowest BCUT2D eigenvalue weighted by atomic mass is 9.95. The Morgan fingerprint density at radius 3 is 2.50 bits per heavy atom. The Bertz CT molecular complexity index is 537. The van der Waals surface area contributed by atoms with E-state index in [1.54, 1.807) is 11.8 Å². The first-order valence-corrected chi connectivity index (χ1v) is 9.83. The standard InChI is InChI=1S/C19H28N2O2S/c1-3-11-20-19(23)16-8-12-21(13-9-16)18(22)10-14-24-17-6-4-15(2)5-7-17/h4-7,16H,3,8-14H2,1-2H3,(H,20,23). The first-order valence-electron chi connectivity index (χ1n) is 8.85. The van der Waals surface area contributed by atoms with Gasteiger partial charge in [-0.3, -0.25) is 9.59 Å². The van der Waals surface area contributed by atoms with Gasteiger partial charge in [0.15, 0.2) is 0 Å². The van der Waals surface area contributed by atoms with Crippen molar-refractivity contribution in [2.75, 3.05) is 25.4 Å². The summed E-state index contributed by atoms with van der Waals surface area (Å²) >= 11 is 1.72. The van der Waals surface area contributed by atoms with Gasteiger partial charge in [0.05, 0.1) is 0 Å². The number of likely N-dealkylation sites (tertiary alicyclic amines) is 1. The van der Waals surface area contributed by atoms with Crippen molar-refractivity contribution >= 4 is 23.6 Å². The SMILES string of the molecule is CCCNC(=O)C1CCN(C(=O)CCSc2ccc(C)cc2)CC1. The molecule has 132 valence electrons. The minimum atomic E-state index is 0.0718. The highest BCUT2D eigenvalue weighted by molar-refractivity contribution is 7.99. The minimum Gasteiger partial charge on any atom is -0.356 e. The first-order chi connectivity index (χ1) is 11.6. The van der Waals surface area contributed by atoms with Gasteiger partial charge in [0, 0.05) is 42.6 Å². The highest BCUT2D eigenvalue weighted by Gasteiger charge is 2.26. The average Bonchev–Trinajstić information content (AvgIpc) is 2.61. The van der Waals surface area contributed by atoms with Gasteiger partial charge in [-0.1, -0.05) is 24.6 Å². The van der Waals surface area contributed by atoms with Crippen molar-refractivity contribution in [3.8, 4) is 0 Å². The molecule has 0 saturated carbocycles. The molecule has 1 aliphatic heterocycles. The van der Waals surface area contributed by atoms with Crippen LogP contribution in [0.1, 0.15) is 38.2 Å². The normalized spacial score (nSPS) is 15.3. The molecule has 0 spiro atoms. The fourth-order valence-corrected chi connectivity index (χ4v) is 3.67. The number of carbonyl (C=O) groups is 2. The fourth-order valence-electron chi connectivity index (χ4n) is 2.83. The third-order valence-corrected chi connectivity index (χ3v) is 5.39. The Morgan fingerprint density at radius 2 is 1.88 bits per heavy atom. The van der Waals surface area contributed by atoms with Crippen molar-refractivity contribution < 1.29 is 9.59 Å². The first kappa shape index (κ1) is 18.8. The van der Waals surface area contributed by atoms with Crippen molar-refractivity contribution in [1.29, 1.82) is 0 Å². The molecule has 5 heteroatoms. The van der Waals surface area contributed by atoms with Gasteiger partial charge in [-0.2, -0.15) is 0 Å². The van der Waals surface area contributed by atoms with E-state index >= 15 is 0 Å². The summed E-state index contributed by atoms with van der Waals surface area (Å²) in [5.74, 6) is 1.24. The maximum absolute atomic E-state index is 12.3. The van der Waals surface area contributed by atoms with Crippen LogP contribution < -0.4 is 5.32 Å². The van der Waals surface area contributed by atoms with Crippen LogP contribution in [0.5, 0.6) is 0 Å². The molecule has 1 saturated heterocycles. The smallest absolute Gasteiger partial charge is 0.223 e. The Kier molecular flexibility index (Phi) is 7.63. The molecular weight excluding hydrogens is 320 g/mol. The largest absolute Gasteiger partial charge is 0.356 e. The van der Waals surface area contributed by atoms with Gasteiger partial charge in [-0.05, 0) is 38.3 Å². The molecule has 0 radical (unpaired) electrons. The van der Waals surface area contributed by atoms with Crippen LogP contribution in [0.25, 0.3) is 0 Å². The summed E-state index contributed by atoms with van der Waals surface area (Å²) in [6.45, 7) is 6.28. The average molecular weight is 349 g/mol. The van der Waals surface area contributed by atoms with Gasteiger partial charge < -0.3 is 10.2 Å². The summed E-state index contributed by atoms with van der Waals surface area (Å²) in [6.07, 6.45) is 3.09. The molecule has 1 aromatic rings. The summed E-state index contributed by atoms with van der Waals surface area (Å²) in [6, 6.07) is 8.40. The van der Waals surface area contributed by atoms with Gasteiger partial charge in [0.25, 0.3) is 0 Å². The highest BCUT2D eigenvalue weighted by atomic mass is 32.2. The molecule has 0 bridgehead atoms. The zero-order valence-electron chi connectivity index (χ0n) is 14.7. The molecule has 1 heterocycles. The molecule has 2 amide bonds. The third-order valence-electron chi connectivity index (χ3n) is 4.37. The quantitative estimate of drug-likeness (QED) is 0.770. The Labute approximate surface area is 149 Å². The monoisotopic (exact) mass is 348 g/mol. The molecular formula is C19H28N2O2S. The van der Waals surface area contributed by atoms with E-state index < -0.39 is 0 Å². The lowest BCUT2D eigenvalue weighted by Gasteiger charge is -2.31. The Balaban J connectivity index is 1.67. The van der Waals surface area contributed by atoms with E-state index in [4.69, 9.17) is 0 Å². The van der Waals surface area contributed by atoms with Gasteiger partial charge in [0.1, 0.15) is 0 Å². The number of aryl methyl sites for hydroxylation is 1. The van der Waals surface area contributed by atoms with E-state index in [2.05, 4.69) is 43.4 Å². The van der Waals surface area contributed by atoms with Crippen LogP contribution in [-0.4, -0.2) is 42.1 Å². The third kappa shape index (κ3) is 5.86. The van der Waals surface area contributed by atoms with Crippen molar-refractivity contribution in [3.63, 3.8) is 0 Å². The van der Waals surface area contributed by atoms with Crippen molar-refractivity contribution in [2.24, 2.45) is 5.92 Å². The number of hydrogen-bond acceptors (Lipinski definition) is 3. The van der Waals surface area contributed by atoms with E-state index in [1.165, 1.54) is 10.5 Å². The molecule has 0 atom stereocenters. The maximum Gasteiger partial charge on any atom is 0.223 e. The van der Waals surface area contributed by atoms with Gasteiger partial charge in [-0.15, -0.1) is 11.8 Å². The summed E-state index contributed by atoms with van der Waals surface area (Å²) in [5.41, 5.74) is 1.25. The van der Waals surface area contributed by atoms with Crippen LogP contribution >= 0.6 is 11.8 Å². The number of benzene rings is 1. The van der Waals surface area contributed by atoms with E-state index in [9.17, 15) is 9.59 Å². The predicted octanol–water partition coefficient (Wildman–Crippen LogP) is 3.24. The second kappa shape index (κ2) is 9.72. The zero-order chi connectivity index (χ0) is 17.4. The van der Waals surface area contributed by atoms with E-state index in [0.29, 0.717) is 19.5 Å². The van der Waals surface area contributed by atoms with Crippen molar-refractivity contribution in [3.05, 3.63) is 29.8 Å². The number of piperidine rings is 1. The van der Waals surface area contributed by atoms with Gasteiger partial charge in [-0.25, -0.2) is 0 Å². The summed E-state index contributed by atoms with van der Waals surface area (Å²) < 4.78 is 0. The number of nitrogens with zero attached hydrogens (tertiary/aromatic N) is 1. The molecule has 1 fully saturated rings. The van der Waals surface area contributed by atoms with Crippen LogP contribution in [-0.2, 0) is 9.59 Å². The lowest BCUT2D eigenvalue weighted by Crippen LogP contribution is -2.43. The van der Waals surface area contributed by atoms with E-state index in [-0.39, 0.29) is 17.7 Å². The topological polar surface area (TPSA) is 49.4 Å². The van der Waals surface area contributed by atoms with Crippen LogP contribution in [0.3, 0.4) is 0 Å². The second-order valence-corrected chi connectivity index (χ2v) is 7.53. The summed E-state index contributed by atoms with van der Waals surface area (Å²) in [4.78, 5) is 27.4. The van der Waals surface area contributed by atoms with Crippen LogP contribution in [0.2, 0.25) is 0 Å². The molecule has 0 aromatic heterocycles. The molecule has 4 nitrogen and oxygen atoms in total. The molecule has 1 aliphatic rings. The van der Waals surface area contributed by atoms with Crippen LogP contribution in [0.15, 0.2) is 29.2 Å². The summed E-state index contributed by atoms with van der Waals surface area (Å²) in [7, 11) is 0. The zero-order valence-corrected chi connectivity index (χ0v) is 15.5. The van der Waals surface area contributed by atoms with Crippen LogP contribution in [0.4, 0.5) is 0 Å². The number of carbonyl (C=O) groups excluding carboxylic acids is 2. The fraction of sp³-hybridized carbons (Fsp3) is 0.579. The molecule has 2 rings (SSSR count). The molecule has 1 aromatic carbocycles. The predicted molar refractivity (Wildman–Crippen MR) is 99.1 cm³/mol. The van der Waals surface area contributed by atoms with Crippen molar-refractivity contribution in [2.45, 2.75) is 44.4 Å². The molecule has 0 unspecified atom stereocenters. The number of rotatable bonds is 7. The van der Waals surface area contributed by atoms with E-state index in [1.807, 2.05) is 4.90 Å². The van der Waals surface area contributed by atoms with Crippen molar-refractivity contribution in [1.82, 2.24) is 10.2 Å². The number of amides is 2. The minimum absolute atomic E-state index is 0.0718.